The van der Waals surface area contributed by atoms with Crippen LogP contribution >= 0.6 is 0 Å². The van der Waals surface area contributed by atoms with E-state index in [-0.39, 0.29) is 16.4 Å². The van der Waals surface area contributed by atoms with Gasteiger partial charge in [0.15, 0.2) is 0 Å². The van der Waals surface area contributed by atoms with Gasteiger partial charge in [-0.15, -0.1) is 0 Å². The van der Waals surface area contributed by atoms with E-state index in [1.54, 1.807) is 12.1 Å². The molecular formula is C18H23N3O2S. The molecule has 24 heavy (non-hydrogen) atoms. The number of benzene rings is 1. The second-order valence-electron chi connectivity index (χ2n) is 6.79. The standard InChI is InChI=1S/C18H23N3O2S/c1-18(2)11-10-16(14-6-4-5-7-15(14)18)21-17-9-8-13(12-20-17)24(22,23)19-3/h4-9,12,16,19H,10-11H2,1-3H3,(H,20,21). The first-order valence-electron chi connectivity index (χ1n) is 8.09. The van der Waals surface area contributed by atoms with Gasteiger partial charge in [0.2, 0.25) is 10.0 Å². The molecule has 3 rings (SSSR count). The van der Waals surface area contributed by atoms with E-state index in [0.717, 1.165) is 12.8 Å². The molecule has 0 fully saturated rings. The molecule has 1 aliphatic carbocycles. The SMILES string of the molecule is CNS(=O)(=O)c1ccc(NC2CCC(C)(C)c3ccccc32)nc1. The van der Waals surface area contributed by atoms with Crippen molar-refractivity contribution in [1.29, 1.82) is 0 Å². The van der Waals surface area contributed by atoms with E-state index in [1.807, 2.05) is 0 Å². The van der Waals surface area contributed by atoms with Crippen molar-refractivity contribution in [3.05, 3.63) is 53.7 Å². The number of fused-ring (bicyclic) bond motifs is 1. The Bertz CT molecular complexity index is 830. The van der Waals surface area contributed by atoms with Gasteiger partial charge in [0.25, 0.3) is 0 Å². The minimum absolute atomic E-state index is 0.167. The third-order valence-corrected chi connectivity index (χ3v) is 6.16. The topological polar surface area (TPSA) is 71.1 Å². The highest BCUT2D eigenvalue weighted by Gasteiger charge is 2.32. The molecule has 1 unspecified atom stereocenters. The summed E-state index contributed by atoms with van der Waals surface area (Å²) in [6, 6.07) is 12.0. The van der Waals surface area contributed by atoms with E-state index in [1.165, 1.54) is 24.4 Å². The Labute approximate surface area is 143 Å². The van der Waals surface area contributed by atoms with Gasteiger partial charge < -0.3 is 5.32 Å². The highest BCUT2D eigenvalue weighted by Crippen LogP contribution is 2.42. The van der Waals surface area contributed by atoms with Gasteiger partial charge in [0.1, 0.15) is 10.7 Å². The van der Waals surface area contributed by atoms with Crippen molar-refractivity contribution in [2.45, 2.75) is 43.0 Å². The molecule has 2 N–H and O–H groups in total. The summed E-state index contributed by atoms with van der Waals surface area (Å²) in [5, 5.41) is 3.45. The summed E-state index contributed by atoms with van der Waals surface area (Å²) in [4.78, 5) is 4.43. The summed E-state index contributed by atoms with van der Waals surface area (Å²) in [7, 11) is -2.06. The first-order chi connectivity index (χ1) is 11.3. The third-order valence-electron chi connectivity index (χ3n) is 4.76. The van der Waals surface area contributed by atoms with Crippen LogP contribution in [0, 0.1) is 0 Å². The van der Waals surface area contributed by atoms with E-state index in [0.29, 0.717) is 5.82 Å². The van der Waals surface area contributed by atoms with Crippen LogP contribution in [0.4, 0.5) is 5.82 Å². The van der Waals surface area contributed by atoms with Gasteiger partial charge in [0, 0.05) is 6.20 Å². The molecular weight excluding hydrogens is 322 g/mol. The van der Waals surface area contributed by atoms with Crippen molar-refractivity contribution in [3.63, 3.8) is 0 Å². The maximum atomic E-state index is 11.8. The lowest BCUT2D eigenvalue weighted by Crippen LogP contribution is -2.29. The summed E-state index contributed by atoms with van der Waals surface area (Å²) in [5.74, 6) is 0.685. The van der Waals surface area contributed by atoms with Crippen LogP contribution in [-0.4, -0.2) is 20.4 Å². The monoisotopic (exact) mass is 345 g/mol. The van der Waals surface area contributed by atoms with Crippen LogP contribution in [0.3, 0.4) is 0 Å². The van der Waals surface area contributed by atoms with Crippen LogP contribution in [0.5, 0.6) is 0 Å². The van der Waals surface area contributed by atoms with Crippen molar-refractivity contribution in [3.8, 4) is 0 Å². The Balaban J connectivity index is 1.85. The molecule has 128 valence electrons. The summed E-state index contributed by atoms with van der Waals surface area (Å²) < 4.78 is 25.8. The van der Waals surface area contributed by atoms with Gasteiger partial charge in [-0.25, -0.2) is 18.1 Å². The van der Waals surface area contributed by atoms with Crippen LogP contribution in [-0.2, 0) is 15.4 Å². The molecule has 1 aromatic carbocycles. The van der Waals surface area contributed by atoms with Crippen molar-refractivity contribution >= 4 is 15.8 Å². The number of aromatic nitrogens is 1. The number of nitrogens with one attached hydrogen (secondary N) is 2. The maximum absolute atomic E-state index is 11.8. The van der Waals surface area contributed by atoms with Crippen LogP contribution in [0.1, 0.15) is 43.9 Å². The zero-order chi connectivity index (χ0) is 17.4. The fourth-order valence-electron chi connectivity index (χ4n) is 3.28. The molecule has 1 heterocycles. The Morgan fingerprint density at radius 1 is 1.17 bits per heavy atom. The van der Waals surface area contributed by atoms with Crippen molar-refractivity contribution in [2.75, 3.05) is 12.4 Å². The summed E-state index contributed by atoms with van der Waals surface area (Å²) in [5.41, 5.74) is 2.83. The molecule has 0 bridgehead atoms. The molecule has 0 amide bonds. The first kappa shape index (κ1) is 16.9. The minimum atomic E-state index is -3.45. The maximum Gasteiger partial charge on any atom is 0.241 e. The molecule has 0 spiro atoms. The van der Waals surface area contributed by atoms with Crippen LogP contribution in [0.25, 0.3) is 0 Å². The number of nitrogens with zero attached hydrogens (tertiary/aromatic N) is 1. The molecule has 1 atom stereocenters. The van der Waals surface area contributed by atoms with E-state index < -0.39 is 10.0 Å². The van der Waals surface area contributed by atoms with Crippen LogP contribution < -0.4 is 10.0 Å². The van der Waals surface area contributed by atoms with Gasteiger partial charge in [-0.1, -0.05) is 38.1 Å². The molecule has 5 nitrogen and oxygen atoms in total. The second kappa shape index (κ2) is 6.18. The lowest BCUT2D eigenvalue weighted by Gasteiger charge is -2.37. The summed E-state index contributed by atoms with van der Waals surface area (Å²) in [6.07, 6.45) is 3.49. The van der Waals surface area contributed by atoms with Gasteiger partial charge >= 0.3 is 0 Å². The van der Waals surface area contributed by atoms with E-state index in [9.17, 15) is 8.42 Å². The highest BCUT2D eigenvalue weighted by atomic mass is 32.2. The minimum Gasteiger partial charge on any atom is -0.363 e. The van der Waals surface area contributed by atoms with Crippen molar-refractivity contribution in [1.82, 2.24) is 9.71 Å². The van der Waals surface area contributed by atoms with Crippen molar-refractivity contribution < 1.29 is 8.42 Å². The highest BCUT2D eigenvalue weighted by molar-refractivity contribution is 7.89. The molecule has 1 aliphatic rings. The zero-order valence-corrected chi connectivity index (χ0v) is 15.0. The largest absolute Gasteiger partial charge is 0.363 e. The molecule has 0 saturated heterocycles. The zero-order valence-electron chi connectivity index (χ0n) is 14.2. The summed E-state index contributed by atoms with van der Waals surface area (Å²) >= 11 is 0. The first-order valence-corrected chi connectivity index (χ1v) is 9.57. The number of hydrogen-bond acceptors (Lipinski definition) is 4. The number of hydrogen-bond donors (Lipinski definition) is 2. The number of anilines is 1. The Kier molecular flexibility index (Phi) is 4.36. The fourth-order valence-corrected chi connectivity index (χ4v) is 3.96. The van der Waals surface area contributed by atoms with E-state index >= 15 is 0 Å². The lowest BCUT2D eigenvalue weighted by atomic mass is 9.71. The molecule has 0 aliphatic heterocycles. The van der Waals surface area contributed by atoms with E-state index in [2.05, 4.69) is 53.1 Å². The molecule has 1 aromatic heterocycles. The van der Waals surface area contributed by atoms with E-state index in [4.69, 9.17) is 0 Å². The van der Waals surface area contributed by atoms with Crippen LogP contribution in [0.2, 0.25) is 0 Å². The predicted octanol–water partition coefficient (Wildman–Crippen LogP) is 3.21. The summed E-state index contributed by atoms with van der Waals surface area (Å²) in [6.45, 7) is 4.55. The average Bonchev–Trinajstić information content (AvgIpc) is 2.58. The molecule has 0 radical (unpaired) electrons. The number of rotatable bonds is 4. The van der Waals surface area contributed by atoms with Gasteiger partial charge in [-0.05, 0) is 48.6 Å². The fraction of sp³-hybridized carbons (Fsp3) is 0.389. The van der Waals surface area contributed by atoms with Gasteiger partial charge in [-0.2, -0.15) is 0 Å². The normalized spacial score (nSPS) is 19.5. The quantitative estimate of drug-likeness (QED) is 0.892. The van der Waals surface area contributed by atoms with Gasteiger partial charge in [0.05, 0.1) is 6.04 Å². The Morgan fingerprint density at radius 3 is 2.58 bits per heavy atom. The number of sulfonamides is 1. The molecule has 2 aromatic rings. The second-order valence-corrected chi connectivity index (χ2v) is 8.68. The number of pyridine rings is 1. The van der Waals surface area contributed by atoms with Crippen LogP contribution in [0.15, 0.2) is 47.5 Å². The molecule has 6 heteroatoms. The smallest absolute Gasteiger partial charge is 0.241 e. The Morgan fingerprint density at radius 2 is 1.92 bits per heavy atom. The third kappa shape index (κ3) is 3.16. The van der Waals surface area contributed by atoms with Crippen molar-refractivity contribution in [2.24, 2.45) is 0 Å². The lowest BCUT2D eigenvalue weighted by molar-refractivity contribution is 0.406. The van der Waals surface area contributed by atoms with Gasteiger partial charge in [-0.3, -0.25) is 0 Å². The average molecular weight is 345 g/mol. The Hall–Kier alpha value is -1.92. The predicted molar refractivity (Wildman–Crippen MR) is 95.5 cm³/mol. The molecule has 0 saturated carbocycles.